The van der Waals surface area contributed by atoms with E-state index < -0.39 is 12.1 Å². The van der Waals surface area contributed by atoms with Gasteiger partial charge in [-0.15, -0.1) is 0 Å². The van der Waals surface area contributed by atoms with E-state index in [1.165, 1.54) is 0 Å². The van der Waals surface area contributed by atoms with Gasteiger partial charge in [-0.25, -0.2) is 4.98 Å². The normalized spacial score (nSPS) is 21.1. The van der Waals surface area contributed by atoms with E-state index in [0.29, 0.717) is 36.9 Å². The van der Waals surface area contributed by atoms with Gasteiger partial charge in [-0.1, -0.05) is 24.6 Å². The van der Waals surface area contributed by atoms with Crippen LogP contribution in [0.2, 0.25) is 0 Å². The lowest BCUT2D eigenvalue weighted by molar-refractivity contribution is -0.183. The van der Waals surface area contributed by atoms with E-state index in [9.17, 15) is 13.2 Å². The van der Waals surface area contributed by atoms with E-state index in [-0.39, 0.29) is 18.9 Å². The van der Waals surface area contributed by atoms with Crippen LogP contribution in [-0.4, -0.2) is 30.2 Å². The number of nitrogens with one attached hydrogen (secondary N) is 2. The first-order valence-corrected chi connectivity index (χ1v) is 8.99. The molecule has 2 N–H and O–H groups in total. The first-order valence-electron chi connectivity index (χ1n) is 8.99. The third-order valence-electron chi connectivity index (χ3n) is 4.71. The Bertz CT molecular complexity index is 758. The maximum Gasteiger partial charge on any atom is 0.391 e. The van der Waals surface area contributed by atoms with Gasteiger partial charge in [-0.05, 0) is 31.4 Å². The minimum absolute atomic E-state index is 0.0757. The van der Waals surface area contributed by atoms with Crippen molar-refractivity contribution in [3.05, 3.63) is 42.3 Å². The zero-order valence-corrected chi connectivity index (χ0v) is 15.1. The summed E-state index contributed by atoms with van der Waals surface area (Å²) in [6, 6.07) is 9.30. The van der Waals surface area contributed by atoms with Gasteiger partial charge in [-0.2, -0.15) is 13.2 Å². The molecule has 2 atom stereocenters. The molecule has 1 aliphatic rings. The Morgan fingerprint density at radius 3 is 2.74 bits per heavy atom. The smallest absolute Gasteiger partial charge is 0.391 e. The fourth-order valence-corrected chi connectivity index (χ4v) is 3.28. The molecular weight excluding hydrogens is 357 g/mol. The van der Waals surface area contributed by atoms with Gasteiger partial charge < -0.3 is 15.1 Å². The molecule has 146 valence electrons. The monoisotopic (exact) mass is 380 g/mol. The second kappa shape index (κ2) is 8.45. The van der Waals surface area contributed by atoms with Crippen molar-refractivity contribution in [3.8, 4) is 11.5 Å². The number of hydrogen-bond acceptors (Lipinski definition) is 3. The predicted octanol–water partition coefficient (Wildman–Crippen LogP) is 4.13. The molecule has 1 aliphatic carbocycles. The molecule has 8 heteroatoms. The molecule has 0 amide bonds. The Morgan fingerprint density at radius 2 is 2.04 bits per heavy atom. The average molecular weight is 380 g/mol. The molecule has 1 saturated carbocycles. The quantitative estimate of drug-likeness (QED) is 0.619. The highest BCUT2D eigenvalue weighted by atomic mass is 19.4. The summed E-state index contributed by atoms with van der Waals surface area (Å²) >= 11 is 0. The lowest BCUT2D eigenvalue weighted by atomic mass is 9.85. The van der Waals surface area contributed by atoms with E-state index >= 15 is 0 Å². The third kappa shape index (κ3) is 5.24. The summed E-state index contributed by atoms with van der Waals surface area (Å²) in [5, 5.41) is 6.18. The zero-order chi connectivity index (χ0) is 19.3. The predicted molar refractivity (Wildman–Crippen MR) is 97.1 cm³/mol. The van der Waals surface area contributed by atoms with Crippen molar-refractivity contribution >= 4 is 5.96 Å². The Kier molecular flexibility index (Phi) is 6.03. The summed E-state index contributed by atoms with van der Waals surface area (Å²) in [6.45, 7) is 0.366. The highest BCUT2D eigenvalue weighted by Gasteiger charge is 2.42. The molecule has 5 nitrogen and oxygen atoms in total. The number of oxazole rings is 1. The largest absolute Gasteiger partial charge is 0.444 e. The maximum absolute atomic E-state index is 13.0. The molecule has 0 bridgehead atoms. The van der Waals surface area contributed by atoms with Crippen LogP contribution in [0.25, 0.3) is 11.5 Å². The van der Waals surface area contributed by atoms with Gasteiger partial charge in [0, 0.05) is 18.7 Å². The Morgan fingerprint density at radius 1 is 1.26 bits per heavy atom. The van der Waals surface area contributed by atoms with Gasteiger partial charge >= 0.3 is 6.18 Å². The number of alkyl halides is 3. The zero-order valence-electron chi connectivity index (χ0n) is 15.1. The first-order chi connectivity index (χ1) is 13.0. The highest BCUT2D eigenvalue weighted by Crippen LogP contribution is 2.37. The van der Waals surface area contributed by atoms with Crippen LogP contribution < -0.4 is 10.6 Å². The number of nitrogens with zero attached hydrogens (tertiary/aromatic N) is 2. The lowest BCUT2D eigenvalue weighted by Gasteiger charge is -2.31. The van der Waals surface area contributed by atoms with Crippen LogP contribution in [0.5, 0.6) is 0 Å². The van der Waals surface area contributed by atoms with Crippen LogP contribution in [0.4, 0.5) is 13.2 Å². The minimum Gasteiger partial charge on any atom is -0.444 e. The molecule has 2 aromatic rings. The number of aliphatic imine (C=N–C) groups is 1. The second-order valence-corrected chi connectivity index (χ2v) is 6.68. The third-order valence-corrected chi connectivity index (χ3v) is 4.71. The van der Waals surface area contributed by atoms with E-state index in [2.05, 4.69) is 20.6 Å². The van der Waals surface area contributed by atoms with Crippen molar-refractivity contribution in [2.75, 3.05) is 7.05 Å². The van der Waals surface area contributed by atoms with E-state index in [1.807, 2.05) is 30.3 Å². The summed E-state index contributed by atoms with van der Waals surface area (Å²) in [5.74, 6) is -0.256. The summed E-state index contributed by atoms with van der Waals surface area (Å²) < 4.78 is 44.3. The van der Waals surface area contributed by atoms with Crippen LogP contribution in [0, 0.1) is 5.92 Å². The molecule has 0 saturated heterocycles. The van der Waals surface area contributed by atoms with Crippen molar-refractivity contribution < 1.29 is 17.6 Å². The molecule has 3 rings (SSSR count). The lowest BCUT2D eigenvalue weighted by Crippen LogP contribution is -2.46. The second-order valence-electron chi connectivity index (χ2n) is 6.68. The minimum atomic E-state index is -4.13. The number of aromatic nitrogens is 1. The fourth-order valence-electron chi connectivity index (χ4n) is 3.28. The number of benzene rings is 1. The van der Waals surface area contributed by atoms with Crippen molar-refractivity contribution in [2.24, 2.45) is 10.9 Å². The number of rotatable bonds is 4. The van der Waals surface area contributed by atoms with Gasteiger partial charge in [0.05, 0.1) is 18.2 Å². The van der Waals surface area contributed by atoms with Gasteiger partial charge in [0.2, 0.25) is 5.89 Å². The maximum atomic E-state index is 13.0. The fraction of sp³-hybridized carbons (Fsp3) is 0.474. The Hall–Kier alpha value is -2.51. The summed E-state index contributed by atoms with van der Waals surface area (Å²) in [6.07, 6.45) is -1.03. The molecule has 0 aliphatic heterocycles. The van der Waals surface area contributed by atoms with Crippen LogP contribution in [0.15, 0.2) is 46.0 Å². The molecule has 27 heavy (non-hydrogen) atoms. The van der Waals surface area contributed by atoms with Crippen LogP contribution in [0.1, 0.15) is 31.4 Å². The van der Waals surface area contributed by atoms with Crippen molar-refractivity contribution in [2.45, 2.75) is 44.4 Å². The Balaban J connectivity index is 1.53. The molecule has 1 aromatic heterocycles. The van der Waals surface area contributed by atoms with Gasteiger partial charge in [0.15, 0.2) is 5.96 Å². The highest BCUT2D eigenvalue weighted by molar-refractivity contribution is 5.79. The van der Waals surface area contributed by atoms with Gasteiger partial charge in [-0.3, -0.25) is 4.99 Å². The van der Waals surface area contributed by atoms with Gasteiger partial charge in [0.25, 0.3) is 0 Å². The summed E-state index contributed by atoms with van der Waals surface area (Å²) in [7, 11) is 1.59. The van der Waals surface area contributed by atoms with Crippen molar-refractivity contribution in [1.82, 2.24) is 15.6 Å². The Labute approximate surface area is 156 Å². The topological polar surface area (TPSA) is 62.5 Å². The van der Waals surface area contributed by atoms with Crippen molar-refractivity contribution in [1.29, 1.82) is 0 Å². The molecule has 2 unspecified atom stereocenters. The van der Waals surface area contributed by atoms with Crippen LogP contribution >= 0.6 is 0 Å². The van der Waals surface area contributed by atoms with E-state index in [0.717, 1.165) is 5.56 Å². The molecule has 1 fully saturated rings. The van der Waals surface area contributed by atoms with Gasteiger partial charge in [0.1, 0.15) is 6.26 Å². The summed E-state index contributed by atoms with van der Waals surface area (Å²) in [5.41, 5.74) is 1.57. The molecule has 0 radical (unpaired) electrons. The number of halogens is 3. The van der Waals surface area contributed by atoms with E-state index in [4.69, 9.17) is 4.42 Å². The molecular formula is C19H23F3N4O. The van der Waals surface area contributed by atoms with E-state index in [1.54, 1.807) is 13.3 Å². The average Bonchev–Trinajstić information content (AvgIpc) is 3.14. The van der Waals surface area contributed by atoms with Crippen LogP contribution in [0.3, 0.4) is 0 Å². The molecule has 1 aromatic carbocycles. The summed E-state index contributed by atoms with van der Waals surface area (Å²) in [4.78, 5) is 8.52. The molecule has 1 heterocycles. The standard InChI is InChI=1S/C19H23F3N4O/c1-23-18(26-15-9-5-8-14(10-15)19(20,21)22)24-11-16-12-27-17(25-16)13-6-3-2-4-7-13/h2-4,6-7,12,14-15H,5,8-11H2,1H3,(H2,23,24,26). The first kappa shape index (κ1) is 19.3. The number of guanidine groups is 1. The van der Waals surface area contributed by atoms with Crippen molar-refractivity contribution in [3.63, 3.8) is 0 Å². The molecule has 0 spiro atoms. The van der Waals surface area contributed by atoms with Crippen LogP contribution in [-0.2, 0) is 6.54 Å². The SMILES string of the molecule is CN=C(NCc1coc(-c2ccccc2)n1)NC1CCCC(C(F)(F)F)C1. The number of hydrogen-bond donors (Lipinski definition) is 2.